The van der Waals surface area contributed by atoms with E-state index in [1.54, 1.807) is 36.0 Å². The number of methoxy groups -OCH3 is 1. The largest absolute Gasteiger partial charge is 0.468 e. The number of hydrogen-bond acceptors (Lipinski definition) is 5. The first-order chi connectivity index (χ1) is 12.6. The van der Waals surface area contributed by atoms with Crippen LogP contribution in [-0.2, 0) is 14.3 Å². The van der Waals surface area contributed by atoms with Crippen LogP contribution >= 0.6 is 11.8 Å². The van der Waals surface area contributed by atoms with Gasteiger partial charge in [-0.2, -0.15) is 0 Å². The van der Waals surface area contributed by atoms with Gasteiger partial charge < -0.3 is 15.4 Å². The van der Waals surface area contributed by atoms with Gasteiger partial charge in [-0.05, 0) is 30.3 Å². The molecule has 0 unspecified atom stereocenters. The fourth-order valence-corrected chi connectivity index (χ4v) is 2.94. The zero-order valence-corrected chi connectivity index (χ0v) is 15.2. The fourth-order valence-electron chi connectivity index (χ4n) is 2.07. The molecule has 0 aliphatic carbocycles. The number of benzene rings is 2. The van der Waals surface area contributed by atoms with Crippen molar-refractivity contribution in [1.82, 2.24) is 5.32 Å². The van der Waals surface area contributed by atoms with E-state index in [2.05, 4.69) is 15.4 Å². The summed E-state index contributed by atoms with van der Waals surface area (Å²) >= 11 is 1.61. The van der Waals surface area contributed by atoms with Gasteiger partial charge in [0.25, 0.3) is 5.91 Å². The lowest BCUT2D eigenvalue weighted by atomic mass is 10.2. The number of carbonyl (C=O) groups excluding carboxylic acids is 3. The average molecular weight is 372 g/mol. The zero-order chi connectivity index (χ0) is 18.8. The first kappa shape index (κ1) is 19.5. The molecule has 7 heteroatoms. The Morgan fingerprint density at radius 2 is 1.81 bits per heavy atom. The molecule has 26 heavy (non-hydrogen) atoms. The molecule has 2 rings (SSSR count). The predicted octanol–water partition coefficient (Wildman–Crippen LogP) is 2.71. The molecule has 2 aromatic carbocycles. The Morgan fingerprint density at radius 3 is 2.54 bits per heavy atom. The maximum absolute atomic E-state index is 12.1. The lowest BCUT2D eigenvalue weighted by molar-refractivity contribution is -0.139. The van der Waals surface area contributed by atoms with Gasteiger partial charge in [-0.1, -0.05) is 24.3 Å². The Morgan fingerprint density at radius 1 is 1.04 bits per heavy atom. The summed E-state index contributed by atoms with van der Waals surface area (Å²) in [6.45, 7) is -0.206. The third-order valence-electron chi connectivity index (χ3n) is 3.37. The van der Waals surface area contributed by atoms with E-state index in [0.29, 0.717) is 23.4 Å². The molecule has 0 aromatic heterocycles. The van der Waals surface area contributed by atoms with E-state index >= 15 is 0 Å². The quantitative estimate of drug-likeness (QED) is 0.550. The van der Waals surface area contributed by atoms with E-state index < -0.39 is 11.9 Å². The molecular formula is C19H20N2O4S. The van der Waals surface area contributed by atoms with Crippen LogP contribution in [0.3, 0.4) is 0 Å². The molecule has 0 aliphatic rings. The van der Waals surface area contributed by atoms with Gasteiger partial charge in [0, 0.05) is 28.3 Å². The van der Waals surface area contributed by atoms with Gasteiger partial charge in [-0.3, -0.25) is 14.4 Å². The smallest absolute Gasteiger partial charge is 0.325 e. The van der Waals surface area contributed by atoms with Crippen molar-refractivity contribution >= 4 is 35.2 Å². The third-order valence-corrected chi connectivity index (χ3v) is 4.38. The van der Waals surface area contributed by atoms with E-state index in [9.17, 15) is 14.4 Å². The van der Waals surface area contributed by atoms with Crippen molar-refractivity contribution in [2.45, 2.75) is 11.3 Å². The van der Waals surface area contributed by atoms with Crippen molar-refractivity contribution in [3.8, 4) is 0 Å². The average Bonchev–Trinajstić information content (AvgIpc) is 2.66. The number of thioether (sulfide) groups is 1. The molecule has 2 amide bonds. The SMILES string of the molecule is COC(=O)CNC(=O)c1cccc(NC(=O)CCSc2ccccc2)c1. The van der Waals surface area contributed by atoms with Crippen molar-refractivity contribution < 1.29 is 19.1 Å². The number of nitrogens with one attached hydrogen (secondary N) is 2. The molecule has 0 bridgehead atoms. The highest BCUT2D eigenvalue weighted by molar-refractivity contribution is 7.99. The second-order valence-corrected chi connectivity index (χ2v) is 6.47. The number of hydrogen-bond donors (Lipinski definition) is 2. The highest BCUT2D eigenvalue weighted by Crippen LogP contribution is 2.18. The first-order valence-corrected chi connectivity index (χ1v) is 9.00. The molecule has 0 atom stereocenters. The molecule has 0 spiro atoms. The molecule has 0 heterocycles. The number of carbonyl (C=O) groups is 3. The van der Waals surface area contributed by atoms with Crippen LogP contribution < -0.4 is 10.6 Å². The van der Waals surface area contributed by atoms with Crippen LogP contribution in [-0.4, -0.2) is 37.2 Å². The molecule has 0 saturated heterocycles. The maximum atomic E-state index is 12.1. The topological polar surface area (TPSA) is 84.5 Å². The monoisotopic (exact) mass is 372 g/mol. The summed E-state index contributed by atoms with van der Waals surface area (Å²) in [6.07, 6.45) is 0.359. The van der Waals surface area contributed by atoms with Crippen LogP contribution in [0.5, 0.6) is 0 Å². The standard InChI is InChI=1S/C19H20N2O4S/c1-25-18(23)13-20-19(24)14-6-5-7-15(12-14)21-17(22)10-11-26-16-8-3-2-4-9-16/h2-9,12H,10-11,13H2,1H3,(H,20,24)(H,21,22). The number of rotatable bonds is 8. The van der Waals surface area contributed by atoms with Crippen LogP contribution in [0.4, 0.5) is 5.69 Å². The molecule has 0 aliphatic heterocycles. The van der Waals surface area contributed by atoms with Crippen LogP contribution in [0.1, 0.15) is 16.8 Å². The van der Waals surface area contributed by atoms with Gasteiger partial charge in [0.2, 0.25) is 5.91 Å². The second-order valence-electron chi connectivity index (χ2n) is 5.30. The number of esters is 1. The number of anilines is 1. The Bertz CT molecular complexity index is 765. The van der Waals surface area contributed by atoms with E-state index in [4.69, 9.17) is 0 Å². The third kappa shape index (κ3) is 6.60. The van der Waals surface area contributed by atoms with E-state index in [1.807, 2.05) is 30.3 Å². The molecule has 2 aromatic rings. The molecule has 0 fully saturated rings. The molecule has 6 nitrogen and oxygen atoms in total. The summed E-state index contributed by atoms with van der Waals surface area (Å²) in [5.41, 5.74) is 0.885. The van der Waals surface area contributed by atoms with Crippen molar-refractivity contribution in [3.63, 3.8) is 0 Å². The molecular weight excluding hydrogens is 352 g/mol. The Kier molecular flexibility index (Phi) is 7.70. The molecule has 2 N–H and O–H groups in total. The minimum absolute atomic E-state index is 0.124. The van der Waals surface area contributed by atoms with Crippen molar-refractivity contribution in [3.05, 3.63) is 60.2 Å². The summed E-state index contributed by atoms with van der Waals surface area (Å²) in [5.74, 6) is -0.403. The van der Waals surface area contributed by atoms with Gasteiger partial charge in [-0.25, -0.2) is 0 Å². The van der Waals surface area contributed by atoms with E-state index in [0.717, 1.165) is 4.90 Å². The Balaban J connectivity index is 1.82. The van der Waals surface area contributed by atoms with Crippen molar-refractivity contribution in [2.75, 3.05) is 24.7 Å². The van der Waals surface area contributed by atoms with E-state index in [-0.39, 0.29) is 12.5 Å². The van der Waals surface area contributed by atoms with Gasteiger partial charge in [0.15, 0.2) is 0 Å². The minimum Gasteiger partial charge on any atom is -0.468 e. The van der Waals surface area contributed by atoms with Crippen LogP contribution in [0.15, 0.2) is 59.5 Å². The fraction of sp³-hybridized carbons (Fsp3) is 0.211. The normalized spacial score (nSPS) is 10.0. The minimum atomic E-state index is -0.529. The predicted molar refractivity (Wildman–Crippen MR) is 101 cm³/mol. The summed E-state index contributed by atoms with van der Waals surface area (Å²) in [5, 5.41) is 5.23. The molecule has 0 radical (unpaired) electrons. The first-order valence-electron chi connectivity index (χ1n) is 8.01. The van der Waals surface area contributed by atoms with Gasteiger partial charge in [-0.15, -0.1) is 11.8 Å². The number of ether oxygens (including phenoxy) is 1. The summed E-state index contributed by atoms with van der Waals surface area (Å²) in [7, 11) is 1.25. The van der Waals surface area contributed by atoms with Gasteiger partial charge in [0.1, 0.15) is 6.54 Å². The number of amides is 2. The Labute approximate surface area is 156 Å². The van der Waals surface area contributed by atoms with Crippen molar-refractivity contribution in [1.29, 1.82) is 0 Å². The van der Waals surface area contributed by atoms with Gasteiger partial charge in [0.05, 0.1) is 7.11 Å². The van der Waals surface area contributed by atoms with Gasteiger partial charge >= 0.3 is 5.97 Å². The second kappa shape index (κ2) is 10.2. The highest BCUT2D eigenvalue weighted by Gasteiger charge is 2.10. The van der Waals surface area contributed by atoms with Crippen LogP contribution in [0.25, 0.3) is 0 Å². The molecule has 0 saturated carbocycles. The van der Waals surface area contributed by atoms with Crippen LogP contribution in [0.2, 0.25) is 0 Å². The van der Waals surface area contributed by atoms with Crippen LogP contribution in [0, 0.1) is 0 Å². The lowest BCUT2D eigenvalue weighted by Gasteiger charge is -2.08. The highest BCUT2D eigenvalue weighted by atomic mass is 32.2. The van der Waals surface area contributed by atoms with E-state index in [1.165, 1.54) is 7.11 Å². The maximum Gasteiger partial charge on any atom is 0.325 e. The summed E-state index contributed by atoms with van der Waals surface area (Å²) in [6, 6.07) is 16.4. The lowest BCUT2D eigenvalue weighted by Crippen LogP contribution is -2.30. The summed E-state index contributed by atoms with van der Waals surface area (Å²) < 4.78 is 4.47. The van der Waals surface area contributed by atoms with Crippen molar-refractivity contribution in [2.24, 2.45) is 0 Å². The Hall–Kier alpha value is -2.80. The zero-order valence-electron chi connectivity index (χ0n) is 14.4. The summed E-state index contributed by atoms with van der Waals surface area (Å²) in [4.78, 5) is 36.2. The molecule has 136 valence electrons.